The normalized spacial score (nSPS) is 18.2. The molecule has 8 heteroatoms. The molecule has 0 atom stereocenters. The van der Waals surface area contributed by atoms with Gasteiger partial charge in [-0.2, -0.15) is 4.31 Å². The second-order valence-electron chi connectivity index (χ2n) is 5.13. The number of rotatable bonds is 6. The Bertz CT molecular complexity index is 565. The molecule has 1 aliphatic heterocycles. The van der Waals surface area contributed by atoms with Crippen LogP contribution in [0.5, 0.6) is 0 Å². The number of nitrogens with zero attached hydrogens (tertiary/aromatic N) is 2. The first-order valence-corrected chi connectivity index (χ1v) is 9.37. The molecular formula is C13H22BrN3O3S. The number of piperazine rings is 1. The predicted molar refractivity (Wildman–Crippen MR) is 84.7 cm³/mol. The molecule has 2 rings (SSSR count). The summed E-state index contributed by atoms with van der Waals surface area (Å²) in [5.74, 6) is 0.604. The molecule has 21 heavy (non-hydrogen) atoms. The van der Waals surface area contributed by atoms with E-state index in [1.807, 2.05) is 0 Å². The lowest BCUT2D eigenvalue weighted by Gasteiger charge is -2.33. The van der Waals surface area contributed by atoms with Crippen LogP contribution < -0.4 is 5.32 Å². The van der Waals surface area contributed by atoms with Gasteiger partial charge < -0.3 is 14.6 Å². The van der Waals surface area contributed by atoms with Crippen molar-refractivity contribution in [1.29, 1.82) is 0 Å². The monoisotopic (exact) mass is 379 g/mol. The van der Waals surface area contributed by atoms with Crippen LogP contribution in [0, 0.1) is 0 Å². The van der Waals surface area contributed by atoms with Gasteiger partial charge in [0, 0.05) is 32.2 Å². The van der Waals surface area contributed by atoms with Crippen molar-refractivity contribution in [3.05, 3.63) is 16.5 Å². The minimum absolute atomic E-state index is 0.219. The number of sulfonamides is 1. The second kappa shape index (κ2) is 7.23. The molecule has 0 amide bonds. The molecule has 1 saturated heterocycles. The fourth-order valence-electron chi connectivity index (χ4n) is 2.48. The summed E-state index contributed by atoms with van der Waals surface area (Å²) in [5, 5.41) is 2.95. The highest BCUT2D eigenvalue weighted by molar-refractivity contribution is 9.10. The molecule has 0 aliphatic carbocycles. The van der Waals surface area contributed by atoms with E-state index in [1.54, 1.807) is 13.1 Å². The Balaban J connectivity index is 2.12. The number of furan rings is 1. The van der Waals surface area contributed by atoms with Crippen LogP contribution in [0.3, 0.4) is 0 Å². The zero-order valence-corrected chi connectivity index (χ0v) is 14.8. The molecule has 6 nitrogen and oxygen atoms in total. The van der Waals surface area contributed by atoms with Gasteiger partial charge in [0.25, 0.3) is 0 Å². The number of nitrogens with one attached hydrogen (secondary N) is 1. The molecule has 0 unspecified atom stereocenters. The third-order valence-corrected chi connectivity index (χ3v) is 6.30. The molecule has 1 aliphatic rings. The molecule has 0 bridgehead atoms. The van der Waals surface area contributed by atoms with Crippen molar-refractivity contribution in [2.45, 2.75) is 24.8 Å². The molecular weight excluding hydrogens is 358 g/mol. The van der Waals surface area contributed by atoms with Crippen molar-refractivity contribution >= 4 is 26.0 Å². The lowest BCUT2D eigenvalue weighted by Crippen LogP contribution is -2.48. The SMILES string of the molecule is CCCN1CCN(S(=O)(=O)c2cc(CNC)oc2Br)CC1. The van der Waals surface area contributed by atoms with Crippen LogP contribution in [0.4, 0.5) is 0 Å². The van der Waals surface area contributed by atoms with Gasteiger partial charge in [0.05, 0.1) is 6.54 Å². The maximum absolute atomic E-state index is 12.7. The van der Waals surface area contributed by atoms with Gasteiger partial charge in [0.15, 0.2) is 4.67 Å². The average Bonchev–Trinajstić information content (AvgIpc) is 2.82. The fourth-order valence-corrected chi connectivity index (χ4v) is 4.87. The quantitative estimate of drug-likeness (QED) is 0.810. The van der Waals surface area contributed by atoms with Crippen molar-refractivity contribution in [2.24, 2.45) is 0 Å². The van der Waals surface area contributed by atoms with E-state index in [9.17, 15) is 8.42 Å². The van der Waals surface area contributed by atoms with E-state index in [4.69, 9.17) is 4.42 Å². The van der Waals surface area contributed by atoms with Gasteiger partial charge in [-0.25, -0.2) is 8.42 Å². The zero-order valence-electron chi connectivity index (χ0n) is 12.4. The maximum atomic E-state index is 12.7. The topological polar surface area (TPSA) is 65.8 Å². The molecule has 0 aromatic carbocycles. The summed E-state index contributed by atoms with van der Waals surface area (Å²) in [6.45, 7) is 6.28. The smallest absolute Gasteiger partial charge is 0.247 e. The molecule has 0 spiro atoms. The molecule has 1 aromatic heterocycles. The molecule has 2 heterocycles. The van der Waals surface area contributed by atoms with Crippen LogP contribution >= 0.6 is 15.9 Å². The van der Waals surface area contributed by atoms with Crippen molar-refractivity contribution in [1.82, 2.24) is 14.5 Å². The maximum Gasteiger partial charge on any atom is 0.247 e. The van der Waals surface area contributed by atoms with Crippen molar-refractivity contribution in [2.75, 3.05) is 39.8 Å². The van der Waals surface area contributed by atoms with E-state index >= 15 is 0 Å². The fraction of sp³-hybridized carbons (Fsp3) is 0.692. The summed E-state index contributed by atoms with van der Waals surface area (Å²) in [6.07, 6.45) is 1.09. The Hall–Kier alpha value is -0.410. The minimum atomic E-state index is -3.49. The van der Waals surface area contributed by atoms with Crippen LogP contribution in [-0.2, 0) is 16.6 Å². The predicted octanol–water partition coefficient (Wildman–Crippen LogP) is 1.48. The van der Waals surface area contributed by atoms with Gasteiger partial charge >= 0.3 is 0 Å². The van der Waals surface area contributed by atoms with Gasteiger partial charge in [-0.05, 0) is 35.9 Å². The Morgan fingerprint density at radius 3 is 2.57 bits per heavy atom. The van der Waals surface area contributed by atoms with Crippen molar-refractivity contribution in [3.8, 4) is 0 Å². The number of hydrogen-bond donors (Lipinski definition) is 1. The van der Waals surface area contributed by atoms with Crippen LogP contribution in [0.1, 0.15) is 19.1 Å². The first kappa shape index (κ1) is 17.0. The second-order valence-corrected chi connectivity index (χ2v) is 7.75. The molecule has 1 fully saturated rings. The van der Waals surface area contributed by atoms with Crippen LogP contribution in [-0.4, -0.2) is 57.4 Å². The lowest BCUT2D eigenvalue weighted by atomic mass is 10.3. The molecule has 1 N–H and O–H groups in total. The summed E-state index contributed by atoms with van der Waals surface area (Å²) < 4.78 is 32.6. The van der Waals surface area contributed by atoms with Gasteiger partial charge in [-0.15, -0.1) is 0 Å². The summed E-state index contributed by atoms with van der Waals surface area (Å²) in [7, 11) is -1.70. The summed E-state index contributed by atoms with van der Waals surface area (Å²) in [6, 6.07) is 1.59. The van der Waals surface area contributed by atoms with Gasteiger partial charge in [-0.3, -0.25) is 0 Å². The number of hydrogen-bond acceptors (Lipinski definition) is 5. The van der Waals surface area contributed by atoms with E-state index in [0.29, 0.717) is 25.4 Å². The van der Waals surface area contributed by atoms with Crippen LogP contribution in [0.15, 0.2) is 20.0 Å². The van der Waals surface area contributed by atoms with Crippen LogP contribution in [0.2, 0.25) is 0 Å². The summed E-state index contributed by atoms with van der Waals surface area (Å²) in [4.78, 5) is 2.51. The van der Waals surface area contributed by atoms with E-state index in [-0.39, 0.29) is 9.56 Å². The summed E-state index contributed by atoms with van der Waals surface area (Å²) >= 11 is 3.22. The first-order chi connectivity index (χ1) is 9.98. The first-order valence-electron chi connectivity index (χ1n) is 7.14. The Kier molecular flexibility index (Phi) is 5.84. The highest BCUT2D eigenvalue weighted by atomic mass is 79.9. The standard InChI is InChI=1S/C13H22BrN3O3S/c1-3-4-16-5-7-17(8-6-16)21(18,19)12-9-11(10-15-2)20-13(12)14/h9,15H,3-8,10H2,1-2H3. The minimum Gasteiger partial charge on any atom is -0.452 e. The molecule has 0 saturated carbocycles. The average molecular weight is 380 g/mol. The molecule has 120 valence electrons. The largest absolute Gasteiger partial charge is 0.452 e. The number of halogens is 1. The molecule has 0 radical (unpaired) electrons. The van der Waals surface area contributed by atoms with E-state index in [2.05, 4.69) is 33.1 Å². The van der Waals surface area contributed by atoms with Crippen molar-refractivity contribution in [3.63, 3.8) is 0 Å². The summed E-state index contributed by atoms with van der Waals surface area (Å²) in [5.41, 5.74) is 0. The van der Waals surface area contributed by atoms with E-state index in [1.165, 1.54) is 4.31 Å². The van der Waals surface area contributed by atoms with Gasteiger partial charge in [0.2, 0.25) is 10.0 Å². The third kappa shape index (κ3) is 3.87. The Morgan fingerprint density at radius 1 is 1.33 bits per heavy atom. The highest BCUT2D eigenvalue weighted by Gasteiger charge is 2.31. The highest BCUT2D eigenvalue weighted by Crippen LogP contribution is 2.29. The van der Waals surface area contributed by atoms with Crippen molar-refractivity contribution < 1.29 is 12.8 Å². The third-order valence-electron chi connectivity index (χ3n) is 3.55. The Labute approximate surface area is 134 Å². The van der Waals surface area contributed by atoms with Gasteiger partial charge in [0.1, 0.15) is 10.7 Å². The Morgan fingerprint density at radius 2 is 2.00 bits per heavy atom. The zero-order chi connectivity index (χ0) is 15.5. The lowest BCUT2D eigenvalue weighted by molar-refractivity contribution is 0.188. The van der Waals surface area contributed by atoms with Gasteiger partial charge in [-0.1, -0.05) is 6.92 Å². The van der Waals surface area contributed by atoms with Crippen LogP contribution in [0.25, 0.3) is 0 Å². The van der Waals surface area contributed by atoms with E-state index < -0.39 is 10.0 Å². The molecule has 1 aromatic rings. The van der Waals surface area contributed by atoms with E-state index in [0.717, 1.165) is 26.1 Å².